The number of amides is 3. The minimum absolute atomic E-state index is 0.320. The number of rotatable bonds is 3. The number of aryl methyl sites for hydroxylation is 2. The SMILES string of the molecule is Cn1cc(C2=CC(=O)N(c3c4n(c5ccccc35)CCC(C(N)=O)C4)C2=O)c2ccccc21. The Kier molecular flexibility index (Phi) is 4.11. The number of hydrogen-bond acceptors (Lipinski definition) is 3. The molecule has 2 aliphatic heterocycles. The van der Waals surface area contributed by atoms with E-state index in [1.54, 1.807) is 0 Å². The molecule has 2 aromatic heterocycles. The molecule has 2 aromatic carbocycles. The standard InChI is InChI=1S/C26H22N4O3/c1-28-14-19(16-6-2-4-8-20(16)28)18-13-23(31)30(26(18)33)24-17-7-3-5-9-21(17)29-11-10-15(25(27)32)12-22(24)29/h2-9,13-15H,10-12H2,1H3,(H2,27,32). The Labute approximate surface area is 189 Å². The Morgan fingerprint density at radius 1 is 1.00 bits per heavy atom. The first-order valence-electron chi connectivity index (χ1n) is 11.0. The number of para-hydroxylation sites is 2. The minimum atomic E-state index is -0.372. The molecular weight excluding hydrogens is 416 g/mol. The molecule has 0 spiro atoms. The van der Waals surface area contributed by atoms with Gasteiger partial charge in [-0.25, -0.2) is 4.90 Å². The van der Waals surface area contributed by atoms with Crippen LogP contribution in [0.1, 0.15) is 17.7 Å². The summed E-state index contributed by atoms with van der Waals surface area (Å²) in [6.07, 6.45) is 4.36. The van der Waals surface area contributed by atoms with Crippen LogP contribution in [0.2, 0.25) is 0 Å². The van der Waals surface area contributed by atoms with Gasteiger partial charge in [-0.15, -0.1) is 0 Å². The molecule has 1 atom stereocenters. The number of carbonyl (C=O) groups excluding carboxylic acids is 3. The number of benzene rings is 2. The quantitative estimate of drug-likeness (QED) is 0.498. The third-order valence-electron chi connectivity index (χ3n) is 6.92. The van der Waals surface area contributed by atoms with Gasteiger partial charge in [-0.2, -0.15) is 0 Å². The summed E-state index contributed by atoms with van der Waals surface area (Å²) in [6, 6.07) is 15.6. The van der Waals surface area contributed by atoms with Crippen molar-refractivity contribution in [1.29, 1.82) is 0 Å². The van der Waals surface area contributed by atoms with E-state index in [0.717, 1.165) is 33.1 Å². The largest absolute Gasteiger partial charge is 0.369 e. The van der Waals surface area contributed by atoms with E-state index >= 15 is 0 Å². The summed E-state index contributed by atoms with van der Waals surface area (Å²) in [4.78, 5) is 40.2. The molecule has 2 N–H and O–H groups in total. The van der Waals surface area contributed by atoms with Gasteiger partial charge < -0.3 is 14.9 Å². The molecule has 33 heavy (non-hydrogen) atoms. The monoisotopic (exact) mass is 438 g/mol. The number of hydrogen-bond donors (Lipinski definition) is 1. The van der Waals surface area contributed by atoms with E-state index in [2.05, 4.69) is 4.57 Å². The molecule has 0 radical (unpaired) electrons. The molecule has 0 aliphatic carbocycles. The zero-order valence-electron chi connectivity index (χ0n) is 18.1. The number of anilines is 1. The molecule has 6 rings (SSSR count). The second-order valence-corrected chi connectivity index (χ2v) is 8.76. The number of carbonyl (C=O) groups is 3. The third-order valence-corrected chi connectivity index (χ3v) is 6.92. The number of fused-ring (bicyclic) bond motifs is 4. The van der Waals surface area contributed by atoms with Gasteiger partial charge in [-0.1, -0.05) is 36.4 Å². The van der Waals surface area contributed by atoms with Crippen LogP contribution in [0.25, 0.3) is 27.4 Å². The molecule has 7 heteroatoms. The third kappa shape index (κ3) is 2.72. The van der Waals surface area contributed by atoms with E-state index in [0.29, 0.717) is 30.6 Å². The van der Waals surface area contributed by atoms with Crippen LogP contribution in [-0.4, -0.2) is 26.9 Å². The van der Waals surface area contributed by atoms with Crippen molar-refractivity contribution in [3.63, 3.8) is 0 Å². The van der Waals surface area contributed by atoms with E-state index in [-0.39, 0.29) is 23.6 Å². The van der Waals surface area contributed by atoms with Crippen molar-refractivity contribution in [2.45, 2.75) is 19.4 Å². The van der Waals surface area contributed by atoms with Crippen LogP contribution < -0.4 is 10.6 Å². The second kappa shape index (κ2) is 6.93. The van der Waals surface area contributed by atoms with Crippen LogP contribution >= 0.6 is 0 Å². The first-order chi connectivity index (χ1) is 16.0. The summed E-state index contributed by atoms with van der Waals surface area (Å²) in [5, 5.41) is 1.75. The van der Waals surface area contributed by atoms with E-state index < -0.39 is 0 Å². The molecular formula is C26H22N4O3. The minimum Gasteiger partial charge on any atom is -0.369 e. The number of aromatic nitrogens is 2. The lowest BCUT2D eigenvalue weighted by Gasteiger charge is -2.25. The first-order valence-corrected chi connectivity index (χ1v) is 11.0. The van der Waals surface area contributed by atoms with E-state index in [4.69, 9.17) is 5.73 Å². The first kappa shape index (κ1) is 19.5. The van der Waals surface area contributed by atoms with Gasteiger partial charge in [0, 0.05) is 65.8 Å². The van der Waals surface area contributed by atoms with Crippen molar-refractivity contribution in [3.8, 4) is 0 Å². The number of primary amides is 1. The van der Waals surface area contributed by atoms with Crippen LogP contribution in [0.3, 0.4) is 0 Å². The van der Waals surface area contributed by atoms with Gasteiger partial charge in [0.15, 0.2) is 0 Å². The van der Waals surface area contributed by atoms with Crippen LogP contribution in [-0.2, 0) is 34.4 Å². The maximum Gasteiger partial charge on any atom is 0.266 e. The van der Waals surface area contributed by atoms with Gasteiger partial charge >= 0.3 is 0 Å². The summed E-state index contributed by atoms with van der Waals surface area (Å²) in [6.45, 7) is 0.614. The zero-order valence-corrected chi connectivity index (χ0v) is 18.1. The maximum atomic E-state index is 13.7. The number of imide groups is 1. The predicted octanol–water partition coefficient (Wildman–Crippen LogP) is 3.14. The smallest absolute Gasteiger partial charge is 0.266 e. The predicted molar refractivity (Wildman–Crippen MR) is 126 cm³/mol. The fourth-order valence-corrected chi connectivity index (χ4v) is 5.34. The van der Waals surface area contributed by atoms with Crippen LogP contribution in [0.4, 0.5) is 5.69 Å². The van der Waals surface area contributed by atoms with E-state index in [1.807, 2.05) is 66.3 Å². The number of nitrogens with two attached hydrogens (primary N) is 1. The van der Waals surface area contributed by atoms with Crippen molar-refractivity contribution in [1.82, 2.24) is 9.13 Å². The highest BCUT2D eigenvalue weighted by Crippen LogP contribution is 2.42. The molecule has 3 amide bonds. The molecule has 2 aliphatic rings. The highest BCUT2D eigenvalue weighted by molar-refractivity contribution is 6.45. The lowest BCUT2D eigenvalue weighted by Crippen LogP contribution is -2.34. The topological polar surface area (TPSA) is 90.3 Å². The van der Waals surface area contributed by atoms with Gasteiger partial charge in [0.05, 0.1) is 16.8 Å². The lowest BCUT2D eigenvalue weighted by molar-refractivity contribution is -0.122. The van der Waals surface area contributed by atoms with Crippen molar-refractivity contribution in [3.05, 3.63) is 72.1 Å². The Hall–Kier alpha value is -4.13. The Morgan fingerprint density at radius 3 is 2.45 bits per heavy atom. The van der Waals surface area contributed by atoms with Gasteiger partial charge in [0.1, 0.15) is 0 Å². The molecule has 0 bridgehead atoms. The molecule has 4 aromatic rings. The highest BCUT2D eigenvalue weighted by Gasteiger charge is 2.39. The van der Waals surface area contributed by atoms with Crippen molar-refractivity contribution in [2.75, 3.05) is 4.90 Å². The van der Waals surface area contributed by atoms with Crippen molar-refractivity contribution < 1.29 is 14.4 Å². The summed E-state index contributed by atoms with van der Waals surface area (Å²) in [7, 11) is 1.92. The van der Waals surface area contributed by atoms with Gasteiger partial charge in [0.2, 0.25) is 5.91 Å². The lowest BCUT2D eigenvalue weighted by atomic mass is 9.94. The molecule has 0 saturated carbocycles. The number of nitrogens with zero attached hydrogens (tertiary/aromatic N) is 3. The van der Waals surface area contributed by atoms with Crippen LogP contribution in [0.15, 0.2) is 60.8 Å². The molecule has 4 heterocycles. The normalized spacial score (nSPS) is 18.3. The summed E-state index contributed by atoms with van der Waals surface area (Å²) in [5.41, 5.74) is 10.0. The average molecular weight is 438 g/mol. The average Bonchev–Trinajstić information content (AvgIpc) is 3.42. The zero-order chi connectivity index (χ0) is 22.9. The second-order valence-electron chi connectivity index (χ2n) is 8.76. The fourth-order valence-electron chi connectivity index (χ4n) is 5.34. The van der Waals surface area contributed by atoms with E-state index in [1.165, 1.54) is 11.0 Å². The van der Waals surface area contributed by atoms with Gasteiger partial charge in [-0.05, 0) is 18.6 Å². The molecule has 0 fully saturated rings. The van der Waals surface area contributed by atoms with Gasteiger partial charge in [-0.3, -0.25) is 14.4 Å². The summed E-state index contributed by atoms with van der Waals surface area (Å²) in [5.74, 6) is -1.40. The fraction of sp³-hybridized carbons (Fsp3) is 0.192. The van der Waals surface area contributed by atoms with Crippen molar-refractivity contribution >= 4 is 50.8 Å². The van der Waals surface area contributed by atoms with E-state index in [9.17, 15) is 14.4 Å². The molecule has 0 saturated heterocycles. The Morgan fingerprint density at radius 2 is 1.70 bits per heavy atom. The molecule has 7 nitrogen and oxygen atoms in total. The summed E-state index contributed by atoms with van der Waals surface area (Å²) < 4.78 is 4.07. The maximum absolute atomic E-state index is 13.7. The van der Waals surface area contributed by atoms with Crippen LogP contribution in [0, 0.1) is 5.92 Å². The Bertz CT molecular complexity index is 1540. The highest BCUT2D eigenvalue weighted by atomic mass is 16.2. The van der Waals surface area contributed by atoms with Crippen molar-refractivity contribution in [2.24, 2.45) is 18.7 Å². The van der Waals surface area contributed by atoms with Crippen LogP contribution in [0.5, 0.6) is 0 Å². The Balaban J connectivity index is 1.51. The van der Waals surface area contributed by atoms with Gasteiger partial charge in [0.25, 0.3) is 11.8 Å². The summed E-state index contributed by atoms with van der Waals surface area (Å²) >= 11 is 0. The molecule has 1 unspecified atom stereocenters. The molecule has 164 valence electrons.